The molecule has 8 heteroatoms. The lowest BCUT2D eigenvalue weighted by molar-refractivity contribution is -0.136. The summed E-state index contributed by atoms with van der Waals surface area (Å²) < 4.78 is 0. The lowest BCUT2D eigenvalue weighted by Gasteiger charge is -2.24. The van der Waals surface area contributed by atoms with E-state index < -0.39 is 6.04 Å². The molecule has 6 nitrogen and oxygen atoms in total. The molecule has 30 heavy (non-hydrogen) atoms. The van der Waals surface area contributed by atoms with Crippen molar-refractivity contribution in [1.29, 1.82) is 0 Å². The van der Waals surface area contributed by atoms with E-state index in [1.807, 2.05) is 30.3 Å². The van der Waals surface area contributed by atoms with E-state index in [9.17, 15) is 14.4 Å². The third-order valence-corrected chi connectivity index (χ3v) is 5.31. The quantitative estimate of drug-likeness (QED) is 0.679. The van der Waals surface area contributed by atoms with Crippen molar-refractivity contribution in [3.05, 3.63) is 64.1 Å². The Morgan fingerprint density at radius 2 is 1.73 bits per heavy atom. The lowest BCUT2D eigenvalue weighted by atomic mass is 10.1. The van der Waals surface area contributed by atoms with Crippen molar-refractivity contribution in [3.63, 3.8) is 0 Å². The molecule has 0 saturated carbocycles. The first kappa shape index (κ1) is 22.1. The maximum Gasteiger partial charge on any atom is 0.247 e. The molecule has 1 fully saturated rings. The lowest BCUT2D eigenvalue weighted by Crippen LogP contribution is -2.44. The van der Waals surface area contributed by atoms with E-state index in [4.69, 9.17) is 23.2 Å². The summed E-state index contributed by atoms with van der Waals surface area (Å²) in [5.41, 5.74) is 1.41. The standard InChI is InChI=1S/C22H23Cl2N3O3/c23-16-12-17(24)14-18(13-16)26-22(30)19-7-4-10-27(19)21(29)8-9-25-20(28)11-15-5-2-1-3-6-15/h1-3,5-6,12-14,19H,4,7-11H2,(H,25,28)(H,26,30). The Kier molecular flexibility index (Phi) is 7.71. The largest absolute Gasteiger partial charge is 0.355 e. The molecular formula is C22H23Cl2N3O3. The highest BCUT2D eigenvalue weighted by Crippen LogP contribution is 2.24. The van der Waals surface area contributed by atoms with Gasteiger partial charge in [-0.1, -0.05) is 53.5 Å². The van der Waals surface area contributed by atoms with Crippen LogP contribution in [0, 0.1) is 0 Å². The van der Waals surface area contributed by atoms with Crippen LogP contribution in [-0.4, -0.2) is 41.8 Å². The number of benzene rings is 2. The molecule has 3 rings (SSSR count). The normalized spacial score (nSPS) is 15.7. The van der Waals surface area contributed by atoms with Crippen LogP contribution in [0.15, 0.2) is 48.5 Å². The zero-order valence-corrected chi connectivity index (χ0v) is 17.9. The van der Waals surface area contributed by atoms with Crippen LogP contribution < -0.4 is 10.6 Å². The second-order valence-electron chi connectivity index (χ2n) is 7.15. The second-order valence-corrected chi connectivity index (χ2v) is 8.03. The Labute approximate surface area is 185 Å². The molecular weight excluding hydrogens is 425 g/mol. The number of carbonyl (C=O) groups is 3. The fourth-order valence-electron chi connectivity index (χ4n) is 3.49. The van der Waals surface area contributed by atoms with Gasteiger partial charge in [-0.15, -0.1) is 0 Å². The van der Waals surface area contributed by atoms with E-state index in [1.165, 1.54) is 0 Å². The van der Waals surface area contributed by atoms with Crippen LogP contribution in [0.4, 0.5) is 5.69 Å². The Balaban J connectivity index is 1.48. The maximum atomic E-state index is 12.7. The van der Waals surface area contributed by atoms with Gasteiger partial charge in [0.15, 0.2) is 0 Å². The topological polar surface area (TPSA) is 78.5 Å². The van der Waals surface area contributed by atoms with Crippen LogP contribution in [0.25, 0.3) is 0 Å². The van der Waals surface area contributed by atoms with Gasteiger partial charge in [0.25, 0.3) is 0 Å². The number of carbonyl (C=O) groups excluding carboxylic acids is 3. The molecule has 2 aromatic rings. The minimum atomic E-state index is -0.546. The van der Waals surface area contributed by atoms with Crippen LogP contribution >= 0.6 is 23.2 Å². The summed E-state index contributed by atoms with van der Waals surface area (Å²) in [5, 5.41) is 6.39. The molecule has 1 saturated heterocycles. The maximum absolute atomic E-state index is 12.7. The number of halogens is 2. The van der Waals surface area contributed by atoms with Gasteiger partial charge < -0.3 is 15.5 Å². The van der Waals surface area contributed by atoms with Gasteiger partial charge in [-0.05, 0) is 36.6 Å². The average Bonchev–Trinajstić information content (AvgIpc) is 3.18. The molecule has 158 valence electrons. The predicted octanol–water partition coefficient (Wildman–Crippen LogP) is 3.67. The van der Waals surface area contributed by atoms with Crippen molar-refractivity contribution in [2.45, 2.75) is 31.7 Å². The van der Waals surface area contributed by atoms with E-state index in [-0.39, 0.29) is 37.1 Å². The molecule has 0 spiro atoms. The highest BCUT2D eigenvalue weighted by Gasteiger charge is 2.33. The van der Waals surface area contributed by atoms with Gasteiger partial charge in [-0.2, -0.15) is 0 Å². The molecule has 0 aromatic heterocycles. The number of hydrogen-bond acceptors (Lipinski definition) is 3. The first-order valence-corrected chi connectivity index (χ1v) is 10.5. The van der Waals surface area contributed by atoms with Crippen molar-refractivity contribution in [1.82, 2.24) is 10.2 Å². The molecule has 1 aliphatic rings. The molecule has 2 N–H and O–H groups in total. The van der Waals surface area contributed by atoms with Crippen LogP contribution in [0.1, 0.15) is 24.8 Å². The third kappa shape index (κ3) is 6.21. The van der Waals surface area contributed by atoms with E-state index in [0.717, 1.165) is 12.0 Å². The van der Waals surface area contributed by atoms with Gasteiger partial charge in [-0.3, -0.25) is 14.4 Å². The number of hydrogen-bond donors (Lipinski definition) is 2. The van der Waals surface area contributed by atoms with Crippen molar-refractivity contribution >= 4 is 46.6 Å². The molecule has 0 bridgehead atoms. The molecule has 2 aromatic carbocycles. The first-order chi connectivity index (χ1) is 14.4. The van der Waals surface area contributed by atoms with Crippen LogP contribution in [-0.2, 0) is 20.8 Å². The first-order valence-electron chi connectivity index (χ1n) is 9.79. The highest BCUT2D eigenvalue weighted by molar-refractivity contribution is 6.35. The Hall–Kier alpha value is -2.57. The summed E-state index contributed by atoms with van der Waals surface area (Å²) in [4.78, 5) is 38.9. The van der Waals surface area contributed by atoms with Gasteiger partial charge in [0, 0.05) is 35.2 Å². The van der Waals surface area contributed by atoms with Crippen LogP contribution in [0.5, 0.6) is 0 Å². The average molecular weight is 448 g/mol. The van der Waals surface area contributed by atoms with Crippen molar-refractivity contribution < 1.29 is 14.4 Å². The fraction of sp³-hybridized carbons (Fsp3) is 0.318. The van der Waals surface area contributed by atoms with Crippen LogP contribution in [0.2, 0.25) is 10.0 Å². The highest BCUT2D eigenvalue weighted by atomic mass is 35.5. The molecule has 1 unspecified atom stereocenters. The Morgan fingerprint density at radius 3 is 2.43 bits per heavy atom. The van der Waals surface area contributed by atoms with Gasteiger partial charge in [0.2, 0.25) is 17.7 Å². The summed E-state index contributed by atoms with van der Waals surface area (Å²) in [6, 6.07) is 13.7. The Morgan fingerprint density at radius 1 is 1.03 bits per heavy atom. The van der Waals surface area contributed by atoms with E-state index in [0.29, 0.717) is 28.7 Å². The second kappa shape index (κ2) is 10.5. The molecule has 0 radical (unpaired) electrons. The smallest absolute Gasteiger partial charge is 0.247 e. The molecule has 3 amide bonds. The minimum absolute atomic E-state index is 0.137. The van der Waals surface area contributed by atoms with E-state index in [1.54, 1.807) is 23.1 Å². The van der Waals surface area contributed by atoms with Crippen molar-refractivity contribution in [2.24, 2.45) is 0 Å². The molecule has 0 aliphatic carbocycles. The van der Waals surface area contributed by atoms with Gasteiger partial charge in [0.1, 0.15) is 6.04 Å². The summed E-state index contributed by atoms with van der Waals surface area (Å²) in [7, 11) is 0. The number of rotatable bonds is 7. The van der Waals surface area contributed by atoms with Gasteiger partial charge in [-0.25, -0.2) is 0 Å². The monoisotopic (exact) mass is 447 g/mol. The number of anilines is 1. The number of likely N-dealkylation sites (tertiary alicyclic amines) is 1. The van der Waals surface area contributed by atoms with Gasteiger partial charge >= 0.3 is 0 Å². The fourth-order valence-corrected chi connectivity index (χ4v) is 4.01. The summed E-state index contributed by atoms with van der Waals surface area (Å²) in [6.45, 7) is 0.754. The van der Waals surface area contributed by atoms with Crippen molar-refractivity contribution in [3.8, 4) is 0 Å². The van der Waals surface area contributed by atoms with Crippen LogP contribution in [0.3, 0.4) is 0 Å². The summed E-state index contributed by atoms with van der Waals surface area (Å²) >= 11 is 11.9. The number of amides is 3. The van der Waals surface area contributed by atoms with E-state index in [2.05, 4.69) is 10.6 Å². The minimum Gasteiger partial charge on any atom is -0.355 e. The zero-order chi connectivity index (χ0) is 21.5. The molecule has 1 aliphatic heterocycles. The zero-order valence-electron chi connectivity index (χ0n) is 16.4. The Bertz CT molecular complexity index is 901. The molecule has 1 heterocycles. The van der Waals surface area contributed by atoms with Crippen molar-refractivity contribution in [2.75, 3.05) is 18.4 Å². The molecule has 1 atom stereocenters. The van der Waals surface area contributed by atoms with Gasteiger partial charge in [0.05, 0.1) is 6.42 Å². The SMILES string of the molecule is O=C(Cc1ccccc1)NCCC(=O)N1CCCC1C(=O)Nc1cc(Cl)cc(Cl)c1. The summed E-state index contributed by atoms with van der Waals surface area (Å²) in [5.74, 6) is -0.563. The third-order valence-electron chi connectivity index (χ3n) is 4.87. The number of nitrogens with one attached hydrogen (secondary N) is 2. The number of nitrogens with zero attached hydrogens (tertiary/aromatic N) is 1. The summed E-state index contributed by atoms with van der Waals surface area (Å²) in [6.07, 6.45) is 1.76. The predicted molar refractivity (Wildman–Crippen MR) is 118 cm³/mol. The van der Waals surface area contributed by atoms with E-state index >= 15 is 0 Å².